The maximum Gasteiger partial charge on any atom is 0.0738 e. The van der Waals surface area contributed by atoms with Gasteiger partial charge in [0.15, 0.2) is 0 Å². The molecule has 0 heterocycles. The van der Waals surface area contributed by atoms with E-state index in [1.807, 2.05) is 0 Å². The minimum Gasteiger partial charge on any atom is -0.290 e. The maximum absolute atomic E-state index is 5.66. The summed E-state index contributed by atoms with van der Waals surface area (Å²) in [5.74, 6) is 0. The van der Waals surface area contributed by atoms with Crippen molar-refractivity contribution in [1.82, 2.24) is 4.90 Å². The first-order valence-electron chi connectivity index (χ1n) is 3.61. The fourth-order valence-electron chi connectivity index (χ4n) is 1.44. The summed E-state index contributed by atoms with van der Waals surface area (Å²) in [6, 6.07) is 1.47. The Morgan fingerprint density at radius 2 is 2.00 bits per heavy atom. The molecule has 1 nitrogen and oxygen atoms in total. The van der Waals surface area contributed by atoms with E-state index in [1.165, 1.54) is 25.7 Å². The molecule has 1 rings (SSSR count). The highest BCUT2D eigenvalue weighted by atomic mass is 35.5. The van der Waals surface area contributed by atoms with Crippen molar-refractivity contribution < 1.29 is 0 Å². The number of nitrogens with zero attached hydrogens (tertiary/aromatic N) is 1. The molecule has 0 aromatic heterocycles. The largest absolute Gasteiger partial charge is 0.290 e. The Bertz CT molecular complexity index is 79.0. The first kappa shape index (κ1) is 7.36. The van der Waals surface area contributed by atoms with Gasteiger partial charge >= 0.3 is 0 Å². The number of hydrogen-bond acceptors (Lipinski definition) is 1. The van der Waals surface area contributed by atoms with Crippen LogP contribution in [0.1, 0.15) is 25.7 Å². The maximum atomic E-state index is 5.66. The zero-order valence-corrected chi connectivity index (χ0v) is 6.69. The number of hydrogen-bond donors (Lipinski definition) is 0. The summed E-state index contributed by atoms with van der Waals surface area (Å²) in [7, 11) is 2.10. The Labute approximate surface area is 62.0 Å². The molecule has 0 saturated heterocycles. The lowest BCUT2D eigenvalue weighted by molar-refractivity contribution is 0.284. The smallest absolute Gasteiger partial charge is 0.0738 e. The van der Waals surface area contributed by atoms with Gasteiger partial charge in [-0.1, -0.05) is 12.8 Å². The Morgan fingerprint density at radius 3 is 2.44 bits per heavy atom. The molecule has 0 atom stereocenters. The van der Waals surface area contributed by atoms with Crippen LogP contribution in [-0.4, -0.2) is 24.0 Å². The van der Waals surface area contributed by atoms with Gasteiger partial charge in [0.05, 0.1) is 6.00 Å². The lowest BCUT2D eigenvalue weighted by Crippen LogP contribution is -2.27. The van der Waals surface area contributed by atoms with Gasteiger partial charge in [0.2, 0.25) is 0 Å². The molecule has 0 N–H and O–H groups in total. The van der Waals surface area contributed by atoms with Crippen molar-refractivity contribution in [3.05, 3.63) is 0 Å². The monoisotopic (exact) mass is 147 g/mol. The molecular weight excluding hydrogens is 134 g/mol. The van der Waals surface area contributed by atoms with Gasteiger partial charge < -0.3 is 0 Å². The molecule has 1 fully saturated rings. The van der Waals surface area contributed by atoms with Crippen LogP contribution in [0.15, 0.2) is 0 Å². The van der Waals surface area contributed by atoms with Gasteiger partial charge in [-0.3, -0.25) is 4.90 Å². The molecule has 0 bridgehead atoms. The minimum absolute atomic E-state index is 0.685. The summed E-state index contributed by atoms with van der Waals surface area (Å²) >= 11 is 5.66. The summed E-state index contributed by atoms with van der Waals surface area (Å²) in [5.41, 5.74) is 0. The first-order valence-corrected chi connectivity index (χ1v) is 4.14. The molecule has 54 valence electrons. The molecule has 0 aliphatic heterocycles. The number of rotatable bonds is 2. The highest BCUT2D eigenvalue weighted by Gasteiger charge is 2.17. The van der Waals surface area contributed by atoms with Gasteiger partial charge in [-0.2, -0.15) is 0 Å². The van der Waals surface area contributed by atoms with Gasteiger partial charge in [0, 0.05) is 6.04 Å². The third-order valence-electron chi connectivity index (χ3n) is 2.14. The van der Waals surface area contributed by atoms with E-state index in [0.29, 0.717) is 6.00 Å². The van der Waals surface area contributed by atoms with Crippen molar-refractivity contribution in [2.75, 3.05) is 13.1 Å². The molecule has 9 heavy (non-hydrogen) atoms. The van der Waals surface area contributed by atoms with E-state index in [0.717, 1.165) is 6.04 Å². The molecule has 0 amide bonds. The topological polar surface area (TPSA) is 3.24 Å². The van der Waals surface area contributed by atoms with Crippen molar-refractivity contribution in [3.8, 4) is 0 Å². The predicted octanol–water partition coefficient (Wildman–Crippen LogP) is 2.06. The van der Waals surface area contributed by atoms with Crippen LogP contribution in [0.4, 0.5) is 0 Å². The van der Waals surface area contributed by atoms with Crippen LogP contribution in [0.5, 0.6) is 0 Å². The fourth-order valence-corrected chi connectivity index (χ4v) is 1.64. The summed E-state index contributed by atoms with van der Waals surface area (Å²) in [6.45, 7) is 0. The average molecular weight is 148 g/mol. The van der Waals surface area contributed by atoms with E-state index in [9.17, 15) is 0 Å². The molecule has 0 aromatic carbocycles. The van der Waals surface area contributed by atoms with E-state index in [4.69, 9.17) is 11.6 Å². The minimum atomic E-state index is 0.685. The quantitative estimate of drug-likeness (QED) is 0.427. The lowest BCUT2D eigenvalue weighted by Gasteiger charge is -2.20. The Kier molecular flexibility index (Phi) is 2.80. The van der Waals surface area contributed by atoms with Crippen LogP contribution in [-0.2, 0) is 0 Å². The molecule has 0 unspecified atom stereocenters. The highest BCUT2D eigenvalue weighted by Crippen LogP contribution is 2.22. The second-order valence-electron chi connectivity index (χ2n) is 2.81. The molecule has 1 aliphatic carbocycles. The van der Waals surface area contributed by atoms with Crippen LogP contribution < -0.4 is 0 Å². The number of halogens is 1. The van der Waals surface area contributed by atoms with Gasteiger partial charge in [0.1, 0.15) is 0 Å². The zero-order chi connectivity index (χ0) is 6.69. The third-order valence-corrected chi connectivity index (χ3v) is 2.51. The van der Waals surface area contributed by atoms with Gasteiger partial charge in [-0.25, -0.2) is 0 Å². The summed E-state index contributed by atoms with van der Waals surface area (Å²) in [4.78, 5) is 2.23. The standard InChI is InChI=1S/C7H14ClN/c1-9(6-8)7-4-2-3-5-7/h7H,2-6H2,1H3. The molecule has 1 saturated carbocycles. The predicted molar refractivity (Wildman–Crippen MR) is 40.7 cm³/mol. The average Bonchev–Trinajstić information content (AvgIpc) is 2.37. The fraction of sp³-hybridized carbons (Fsp3) is 1.00. The molecule has 0 radical (unpaired) electrons. The van der Waals surface area contributed by atoms with Gasteiger partial charge in [-0.05, 0) is 19.9 Å². The van der Waals surface area contributed by atoms with Crippen molar-refractivity contribution >= 4 is 11.6 Å². The lowest BCUT2D eigenvalue weighted by atomic mass is 10.2. The van der Waals surface area contributed by atoms with Crippen molar-refractivity contribution in [2.45, 2.75) is 31.7 Å². The van der Waals surface area contributed by atoms with Crippen LogP contribution >= 0.6 is 11.6 Å². The Morgan fingerprint density at radius 1 is 1.44 bits per heavy atom. The molecule has 0 aromatic rings. The molecule has 2 heteroatoms. The van der Waals surface area contributed by atoms with Crippen LogP contribution in [0.3, 0.4) is 0 Å². The normalized spacial score (nSPS) is 21.7. The second-order valence-corrected chi connectivity index (χ2v) is 3.05. The first-order chi connectivity index (χ1) is 4.34. The van der Waals surface area contributed by atoms with Crippen molar-refractivity contribution in [1.29, 1.82) is 0 Å². The van der Waals surface area contributed by atoms with Gasteiger partial charge in [0.25, 0.3) is 0 Å². The van der Waals surface area contributed by atoms with Crippen molar-refractivity contribution in [3.63, 3.8) is 0 Å². The van der Waals surface area contributed by atoms with Crippen molar-refractivity contribution in [2.24, 2.45) is 0 Å². The van der Waals surface area contributed by atoms with E-state index in [2.05, 4.69) is 11.9 Å². The summed E-state index contributed by atoms with van der Waals surface area (Å²) < 4.78 is 0. The van der Waals surface area contributed by atoms with Crippen LogP contribution in [0, 0.1) is 0 Å². The third kappa shape index (κ3) is 1.84. The molecule has 1 aliphatic rings. The molecular formula is C7H14ClN. The van der Waals surface area contributed by atoms with Crippen LogP contribution in [0.2, 0.25) is 0 Å². The van der Waals surface area contributed by atoms with Gasteiger partial charge in [-0.15, -0.1) is 11.6 Å². The van der Waals surface area contributed by atoms with E-state index in [-0.39, 0.29) is 0 Å². The van der Waals surface area contributed by atoms with E-state index >= 15 is 0 Å². The zero-order valence-electron chi connectivity index (χ0n) is 5.94. The Hall–Kier alpha value is 0.250. The summed E-state index contributed by atoms with van der Waals surface area (Å²) in [6.07, 6.45) is 5.49. The molecule has 0 spiro atoms. The SMILES string of the molecule is CN(CCl)C1CCCC1. The second kappa shape index (κ2) is 3.43. The Balaban J connectivity index is 2.24. The van der Waals surface area contributed by atoms with Crippen LogP contribution in [0.25, 0.3) is 0 Å². The summed E-state index contributed by atoms with van der Waals surface area (Å²) in [5, 5.41) is 0. The highest BCUT2D eigenvalue weighted by molar-refractivity contribution is 6.17. The van der Waals surface area contributed by atoms with E-state index in [1.54, 1.807) is 0 Å². The number of alkyl halides is 1. The van der Waals surface area contributed by atoms with E-state index < -0.39 is 0 Å².